The van der Waals surface area contributed by atoms with Gasteiger partial charge in [-0.15, -0.1) is 11.3 Å². The summed E-state index contributed by atoms with van der Waals surface area (Å²) in [6, 6.07) is 86.6. The summed E-state index contributed by atoms with van der Waals surface area (Å²) in [4.78, 5) is 2.40. The van der Waals surface area contributed by atoms with E-state index in [2.05, 4.69) is 241 Å². The molecular formula is C60H39NS. The van der Waals surface area contributed by atoms with Crippen LogP contribution in [0.4, 0.5) is 17.1 Å². The van der Waals surface area contributed by atoms with Crippen LogP contribution < -0.4 is 4.90 Å². The number of hydrogen-bond acceptors (Lipinski definition) is 2. The van der Waals surface area contributed by atoms with Crippen LogP contribution in [0.3, 0.4) is 0 Å². The quantitative estimate of drug-likeness (QED) is 0.145. The predicted molar refractivity (Wildman–Crippen MR) is 268 cm³/mol. The second-order valence-electron chi connectivity index (χ2n) is 16.0. The third kappa shape index (κ3) is 6.07. The van der Waals surface area contributed by atoms with Gasteiger partial charge in [-0.25, -0.2) is 0 Å². The molecule has 12 aromatic rings. The molecule has 0 radical (unpaired) electrons. The summed E-state index contributed by atoms with van der Waals surface area (Å²) >= 11 is 1.88. The molecule has 0 N–H and O–H groups in total. The Labute approximate surface area is 365 Å². The molecule has 1 nitrogen and oxygen atoms in total. The van der Waals surface area contributed by atoms with E-state index in [1.165, 1.54) is 97.0 Å². The molecule has 0 atom stereocenters. The minimum absolute atomic E-state index is 1.10. The second-order valence-corrected chi connectivity index (χ2v) is 17.0. The van der Waals surface area contributed by atoms with Crippen LogP contribution in [0.5, 0.6) is 0 Å². The molecule has 0 unspecified atom stereocenters. The van der Waals surface area contributed by atoms with Crippen LogP contribution in [0.1, 0.15) is 0 Å². The summed E-state index contributed by atoms with van der Waals surface area (Å²) in [5, 5.41) is 10.1. The molecule has 12 rings (SSSR count). The van der Waals surface area contributed by atoms with Gasteiger partial charge >= 0.3 is 0 Å². The van der Waals surface area contributed by atoms with Gasteiger partial charge in [0.05, 0.1) is 5.69 Å². The van der Waals surface area contributed by atoms with Crippen molar-refractivity contribution < 1.29 is 0 Å². The van der Waals surface area contributed by atoms with Gasteiger partial charge in [-0.2, -0.15) is 0 Å². The Morgan fingerprint density at radius 3 is 1.53 bits per heavy atom. The Hall–Kier alpha value is -7.78. The Morgan fingerprint density at radius 2 is 0.806 bits per heavy atom. The highest BCUT2D eigenvalue weighted by atomic mass is 32.1. The molecule has 0 bridgehead atoms. The normalized spacial score (nSPS) is 11.5. The lowest BCUT2D eigenvalue weighted by Crippen LogP contribution is -2.10. The zero-order valence-corrected chi connectivity index (χ0v) is 34.7. The summed E-state index contributed by atoms with van der Waals surface area (Å²) in [6.07, 6.45) is 0. The first-order valence-corrected chi connectivity index (χ1v) is 22.1. The van der Waals surface area contributed by atoms with E-state index in [-0.39, 0.29) is 0 Å². The van der Waals surface area contributed by atoms with Crippen molar-refractivity contribution in [1.29, 1.82) is 0 Å². The van der Waals surface area contributed by atoms with Crippen LogP contribution >= 0.6 is 11.3 Å². The van der Waals surface area contributed by atoms with Gasteiger partial charge in [-0.05, 0) is 114 Å². The highest BCUT2D eigenvalue weighted by Gasteiger charge is 2.20. The van der Waals surface area contributed by atoms with Gasteiger partial charge < -0.3 is 4.90 Å². The number of fused-ring (bicyclic) bond motifs is 7. The largest absolute Gasteiger partial charge is 0.310 e. The summed E-state index contributed by atoms with van der Waals surface area (Å²) in [6.45, 7) is 0. The first-order valence-electron chi connectivity index (χ1n) is 21.3. The zero-order chi connectivity index (χ0) is 41.0. The maximum atomic E-state index is 2.41. The summed E-state index contributed by atoms with van der Waals surface area (Å²) < 4.78 is 2.65. The molecule has 1 heterocycles. The van der Waals surface area contributed by atoms with Crippen molar-refractivity contribution in [2.45, 2.75) is 0 Å². The average Bonchev–Trinajstić information content (AvgIpc) is 3.74. The molecule has 290 valence electrons. The minimum Gasteiger partial charge on any atom is -0.310 e. The number of benzene rings is 11. The molecule has 2 heteroatoms. The molecule has 0 spiro atoms. The van der Waals surface area contributed by atoms with Crippen LogP contribution in [0.2, 0.25) is 0 Å². The molecule has 0 aliphatic rings. The fraction of sp³-hybridized carbons (Fsp3) is 0. The maximum Gasteiger partial charge on any atom is 0.0540 e. The number of nitrogens with zero attached hydrogens (tertiary/aromatic N) is 1. The van der Waals surface area contributed by atoms with E-state index in [1.54, 1.807) is 0 Å². The minimum atomic E-state index is 1.10. The third-order valence-corrected chi connectivity index (χ3v) is 13.7. The Kier molecular flexibility index (Phi) is 8.76. The lowest BCUT2D eigenvalue weighted by atomic mass is 9.84. The highest BCUT2D eigenvalue weighted by molar-refractivity contribution is 7.26. The first-order chi connectivity index (χ1) is 30.8. The van der Waals surface area contributed by atoms with E-state index in [9.17, 15) is 0 Å². The van der Waals surface area contributed by atoms with E-state index in [1.807, 2.05) is 11.3 Å². The molecule has 62 heavy (non-hydrogen) atoms. The molecular weight excluding hydrogens is 767 g/mol. The Bertz CT molecular complexity index is 3600. The molecule has 0 saturated heterocycles. The number of hydrogen-bond donors (Lipinski definition) is 0. The molecule has 0 aliphatic heterocycles. The van der Waals surface area contributed by atoms with Crippen LogP contribution in [-0.4, -0.2) is 0 Å². The van der Waals surface area contributed by atoms with Crippen LogP contribution in [0.15, 0.2) is 237 Å². The number of rotatable bonds is 7. The maximum absolute atomic E-state index is 2.41. The van der Waals surface area contributed by atoms with Crippen molar-refractivity contribution in [2.24, 2.45) is 0 Å². The first kappa shape index (κ1) is 36.1. The van der Waals surface area contributed by atoms with Crippen molar-refractivity contribution in [3.05, 3.63) is 237 Å². The van der Waals surface area contributed by atoms with E-state index < -0.39 is 0 Å². The van der Waals surface area contributed by atoms with Gasteiger partial charge in [0.15, 0.2) is 0 Å². The Morgan fingerprint density at radius 1 is 0.290 bits per heavy atom. The summed E-state index contributed by atoms with van der Waals surface area (Å²) in [7, 11) is 0. The van der Waals surface area contributed by atoms with Gasteiger partial charge in [0, 0.05) is 36.9 Å². The average molecular weight is 806 g/mol. The predicted octanol–water partition coefficient (Wildman–Crippen LogP) is 17.7. The van der Waals surface area contributed by atoms with E-state index >= 15 is 0 Å². The van der Waals surface area contributed by atoms with E-state index in [4.69, 9.17) is 0 Å². The van der Waals surface area contributed by atoms with Crippen molar-refractivity contribution in [3.63, 3.8) is 0 Å². The zero-order valence-electron chi connectivity index (χ0n) is 33.9. The van der Waals surface area contributed by atoms with Crippen molar-refractivity contribution >= 4 is 80.9 Å². The smallest absolute Gasteiger partial charge is 0.0540 e. The highest BCUT2D eigenvalue weighted by Crippen LogP contribution is 2.47. The van der Waals surface area contributed by atoms with Crippen LogP contribution in [0, 0.1) is 0 Å². The van der Waals surface area contributed by atoms with Crippen LogP contribution in [-0.2, 0) is 0 Å². The van der Waals surface area contributed by atoms with E-state index in [0.29, 0.717) is 0 Å². The Balaban J connectivity index is 0.990. The summed E-state index contributed by atoms with van der Waals surface area (Å²) in [5.41, 5.74) is 13.2. The molecule has 0 amide bonds. The molecule has 1 aromatic heterocycles. The lowest BCUT2D eigenvalue weighted by Gasteiger charge is -2.27. The molecule has 0 aliphatic carbocycles. The summed E-state index contributed by atoms with van der Waals surface area (Å²) in [5.74, 6) is 0. The van der Waals surface area contributed by atoms with Gasteiger partial charge in [-0.1, -0.05) is 194 Å². The monoisotopic (exact) mass is 805 g/mol. The molecule has 0 fully saturated rings. The fourth-order valence-corrected chi connectivity index (χ4v) is 10.8. The molecule has 11 aromatic carbocycles. The van der Waals surface area contributed by atoms with Crippen molar-refractivity contribution in [2.75, 3.05) is 4.90 Å². The number of thiophene rings is 1. The second kappa shape index (κ2) is 15.0. The fourth-order valence-electron chi connectivity index (χ4n) is 9.58. The topological polar surface area (TPSA) is 3.24 Å². The van der Waals surface area contributed by atoms with Crippen LogP contribution in [0.25, 0.3) is 97.0 Å². The van der Waals surface area contributed by atoms with Gasteiger partial charge in [0.25, 0.3) is 0 Å². The van der Waals surface area contributed by atoms with Gasteiger partial charge in [-0.3, -0.25) is 0 Å². The van der Waals surface area contributed by atoms with Crippen molar-refractivity contribution in [3.8, 4) is 44.5 Å². The van der Waals surface area contributed by atoms with Crippen molar-refractivity contribution in [1.82, 2.24) is 0 Å². The standard InChI is InChI=1S/C60H39NS/c1-3-16-43(17-4-1)58-53-24-10-9-22-50(53)51-38-33-45(39-55(51)59(58)44-18-5-2-6-19-44)40-29-34-46(35-30-40)61(56-27-13-20-41-15-7-8-21-48(41)56)47-36-31-42(32-37-47)49-25-14-26-54-52-23-11-12-28-57(52)62-60(49)54/h1-39H. The third-order valence-electron chi connectivity index (χ3n) is 12.5. The van der Waals surface area contributed by atoms with Gasteiger partial charge in [0.2, 0.25) is 0 Å². The number of anilines is 3. The molecule has 0 saturated carbocycles. The van der Waals surface area contributed by atoms with Gasteiger partial charge in [0.1, 0.15) is 0 Å². The SMILES string of the molecule is c1ccc(-c2c(-c3ccccc3)c3cc(-c4ccc(N(c5ccc(-c6cccc7c6sc6ccccc67)cc5)c5cccc6ccccc56)cc4)ccc3c3ccccc23)cc1. The van der Waals surface area contributed by atoms with E-state index in [0.717, 1.165) is 17.1 Å². The lowest BCUT2D eigenvalue weighted by molar-refractivity contribution is 1.30.